The van der Waals surface area contributed by atoms with E-state index in [-0.39, 0.29) is 5.91 Å². The van der Waals surface area contributed by atoms with Gasteiger partial charge in [-0.3, -0.25) is 4.79 Å². The minimum absolute atomic E-state index is 0.0770. The van der Waals surface area contributed by atoms with Gasteiger partial charge in [-0.25, -0.2) is 4.98 Å². The van der Waals surface area contributed by atoms with E-state index < -0.39 is 0 Å². The predicted octanol–water partition coefficient (Wildman–Crippen LogP) is 3.31. The fourth-order valence-corrected chi connectivity index (χ4v) is 2.44. The van der Waals surface area contributed by atoms with Gasteiger partial charge in [-0.15, -0.1) is 0 Å². The summed E-state index contributed by atoms with van der Waals surface area (Å²) in [6, 6.07) is 15.5. The van der Waals surface area contributed by atoms with Gasteiger partial charge in [0.15, 0.2) is 0 Å². The number of hydrogen-bond donors (Lipinski definition) is 0. The van der Waals surface area contributed by atoms with Crippen LogP contribution in [-0.4, -0.2) is 21.8 Å². The van der Waals surface area contributed by atoms with Crippen molar-refractivity contribution in [1.29, 1.82) is 0 Å². The zero-order valence-electron chi connectivity index (χ0n) is 12.2. The average molecular weight is 279 g/mol. The van der Waals surface area contributed by atoms with Gasteiger partial charge in [0.05, 0.1) is 0 Å². The van der Waals surface area contributed by atoms with Crippen LogP contribution in [0.3, 0.4) is 0 Å². The van der Waals surface area contributed by atoms with Gasteiger partial charge in [0, 0.05) is 24.1 Å². The van der Waals surface area contributed by atoms with E-state index >= 15 is 0 Å². The van der Waals surface area contributed by atoms with Gasteiger partial charge in [-0.2, -0.15) is 0 Å². The molecular formula is C17H17N3O. The first-order valence-corrected chi connectivity index (χ1v) is 7.02. The zero-order chi connectivity index (χ0) is 14.8. The highest BCUT2D eigenvalue weighted by Crippen LogP contribution is 2.17. The van der Waals surface area contributed by atoms with E-state index in [4.69, 9.17) is 0 Å². The second-order valence-corrected chi connectivity index (χ2v) is 4.91. The maximum atomic E-state index is 12.7. The number of benzene rings is 1. The number of aryl methyl sites for hydroxylation is 1. The minimum Gasteiger partial charge on any atom is -0.307 e. The number of pyridine rings is 1. The Kier molecular flexibility index (Phi) is 3.44. The topological polar surface area (TPSA) is 37.6 Å². The van der Waals surface area contributed by atoms with Crippen LogP contribution < -0.4 is 4.90 Å². The minimum atomic E-state index is -0.0770. The Hall–Kier alpha value is -2.62. The standard InChI is InChI=1S/C17H17N3O/c1-3-19(14-9-5-4-6-10-14)17(21)15-12-20-13(2)8-7-11-16(20)18-15/h4-12H,3H2,1-2H3. The molecule has 0 spiro atoms. The third-order valence-corrected chi connectivity index (χ3v) is 3.54. The van der Waals surface area contributed by atoms with Crippen LogP contribution in [0.25, 0.3) is 5.65 Å². The monoisotopic (exact) mass is 279 g/mol. The summed E-state index contributed by atoms with van der Waals surface area (Å²) >= 11 is 0. The summed E-state index contributed by atoms with van der Waals surface area (Å²) in [5, 5.41) is 0. The number of imidazole rings is 1. The van der Waals surface area contributed by atoms with Crippen LogP contribution in [0.15, 0.2) is 54.7 Å². The van der Waals surface area contributed by atoms with Crippen LogP contribution in [0.1, 0.15) is 23.1 Å². The lowest BCUT2D eigenvalue weighted by molar-refractivity contribution is 0.0984. The lowest BCUT2D eigenvalue weighted by atomic mass is 10.2. The molecule has 0 radical (unpaired) electrons. The first kappa shape index (κ1) is 13.4. The number of rotatable bonds is 3. The van der Waals surface area contributed by atoms with Gasteiger partial charge in [0.25, 0.3) is 5.91 Å². The van der Waals surface area contributed by atoms with E-state index in [2.05, 4.69) is 4.98 Å². The quantitative estimate of drug-likeness (QED) is 0.737. The fourth-order valence-electron chi connectivity index (χ4n) is 2.44. The van der Waals surface area contributed by atoms with Crippen molar-refractivity contribution in [3.63, 3.8) is 0 Å². The Morgan fingerprint density at radius 2 is 1.90 bits per heavy atom. The lowest BCUT2D eigenvalue weighted by Gasteiger charge is -2.19. The molecule has 4 heteroatoms. The molecule has 1 amide bonds. The molecule has 0 N–H and O–H groups in total. The molecule has 1 aromatic carbocycles. The Bertz CT molecular complexity index is 777. The Labute approximate surface area is 123 Å². The van der Waals surface area contributed by atoms with E-state index in [1.807, 2.05) is 66.8 Å². The maximum absolute atomic E-state index is 12.7. The van der Waals surface area contributed by atoms with Crippen LogP contribution in [0.4, 0.5) is 5.69 Å². The molecule has 0 unspecified atom stereocenters. The molecule has 0 aliphatic carbocycles. The second-order valence-electron chi connectivity index (χ2n) is 4.91. The molecule has 106 valence electrons. The average Bonchev–Trinajstić information content (AvgIpc) is 2.95. The van der Waals surface area contributed by atoms with E-state index in [1.54, 1.807) is 11.1 Å². The summed E-state index contributed by atoms with van der Waals surface area (Å²) in [4.78, 5) is 18.9. The molecular weight excluding hydrogens is 262 g/mol. The van der Waals surface area contributed by atoms with E-state index in [9.17, 15) is 4.79 Å². The number of anilines is 1. The molecule has 3 aromatic rings. The zero-order valence-corrected chi connectivity index (χ0v) is 12.2. The highest BCUT2D eigenvalue weighted by atomic mass is 16.2. The van der Waals surface area contributed by atoms with Crippen LogP contribution in [0, 0.1) is 6.92 Å². The molecule has 4 nitrogen and oxygen atoms in total. The summed E-state index contributed by atoms with van der Waals surface area (Å²) in [6.45, 7) is 4.57. The first-order chi connectivity index (χ1) is 10.2. The summed E-state index contributed by atoms with van der Waals surface area (Å²) in [7, 11) is 0. The number of carbonyl (C=O) groups is 1. The van der Waals surface area contributed by atoms with Crippen molar-refractivity contribution < 1.29 is 4.79 Å². The summed E-state index contributed by atoms with van der Waals surface area (Å²) < 4.78 is 1.94. The first-order valence-electron chi connectivity index (χ1n) is 7.02. The predicted molar refractivity (Wildman–Crippen MR) is 83.7 cm³/mol. The molecule has 2 heterocycles. The Balaban J connectivity index is 2.01. The number of carbonyl (C=O) groups excluding carboxylic acids is 1. The van der Waals surface area contributed by atoms with E-state index in [0.717, 1.165) is 17.0 Å². The van der Waals surface area contributed by atoms with Crippen molar-refractivity contribution in [1.82, 2.24) is 9.38 Å². The molecule has 3 rings (SSSR count). The van der Waals surface area contributed by atoms with Crippen LogP contribution in [0.2, 0.25) is 0 Å². The molecule has 0 aliphatic heterocycles. The molecule has 0 saturated heterocycles. The van der Waals surface area contributed by atoms with Gasteiger partial charge < -0.3 is 9.30 Å². The van der Waals surface area contributed by atoms with Gasteiger partial charge in [0.2, 0.25) is 0 Å². The van der Waals surface area contributed by atoms with Crippen molar-refractivity contribution in [2.75, 3.05) is 11.4 Å². The van der Waals surface area contributed by atoms with E-state index in [0.29, 0.717) is 12.2 Å². The smallest absolute Gasteiger partial charge is 0.278 e. The number of fused-ring (bicyclic) bond motifs is 1. The van der Waals surface area contributed by atoms with Gasteiger partial charge >= 0.3 is 0 Å². The van der Waals surface area contributed by atoms with Crippen molar-refractivity contribution in [2.24, 2.45) is 0 Å². The SMILES string of the molecule is CCN(C(=O)c1cn2c(C)cccc2n1)c1ccccc1. The number of nitrogens with zero attached hydrogens (tertiary/aromatic N) is 3. The third-order valence-electron chi connectivity index (χ3n) is 3.54. The lowest BCUT2D eigenvalue weighted by Crippen LogP contribution is -2.30. The van der Waals surface area contributed by atoms with Gasteiger partial charge in [-0.05, 0) is 38.1 Å². The molecule has 0 atom stereocenters. The highest BCUT2D eigenvalue weighted by molar-refractivity contribution is 6.05. The number of aromatic nitrogens is 2. The van der Waals surface area contributed by atoms with Crippen LogP contribution in [-0.2, 0) is 0 Å². The van der Waals surface area contributed by atoms with Crippen molar-refractivity contribution >= 4 is 17.2 Å². The molecule has 21 heavy (non-hydrogen) atoms. The van der Waals surface area contributed by atoms with Crippen LogP contribution >= 0.6 is 0 Å². The molecule has 2 aromatic heterocycles. The summed E-state index contributed by atoms with van der Waals surface area (Å²) in [5.74, 6) is -0.0770. The van der Waals surface area contributed by atoms with Gasteiger partial charge in [0.1, 0.15) is 11.3 Å². The number of amides is 1. The Morgan fingerprint density at radius 3 is 2.57 bits per heavy atom. The molecule has 0 saturated carbocycles. The third kappa shape index (κ3) is 2.40. The number of hydrogen-bond acceptors (Lipinski definition) is 2. The van der Waals surface area contributed by atoms with Crippen LogP contribution in [0.5, 0.6) is 0 Å². The highest BCUT2D eigenvalue weighted by Gasteiger charge is 2.19. The molecule has 0 bridgehead atoms. The summed E-state index contributed by atoms with van der Waals surface area (Å²) in [5.41, 5.74) is 3.21. The summed E-state index contributed by atoms with van der Waals surface area (Å²) in [6.07, 6.45) is 1.80. The second kappa shape index (κ2) is 5.40. The molecule has 0 aliphatic rings. The normalized spacial score (nSPS) is 10.8. The van der Waals surface area contributed by atoms with Gasteiger partial charge in [-0.1, -0.05) is 24.3 Å². The molecule has 0 fully saturated rings. The largest absolute Gasteiger partial charge is 0.307 e. The fraction of sp³-hybridized carbons (Fsp3) is 0.176. The Morgan fingerprint density at radius 1 is 1.14 bits per heavy atom. The maximum Gasteiger partial charge on any atom is 0.278 e. The van der Waals surface area contributed by atoms with Crippen molar-refractivity contribution in [2.45, 2.75) is 13.8 Å². The number of para-hydroxylation sites is 1. The van der Waals surface area contributed by atoms with E-state index in [1.165, 1.54) is 0 Å². The van der Waals surface area contributed by atoms with Crippen molar-refractivity contribution in [3.05, 3.63) is 66.1 Å². The van der Waals surface area contributed by atoms with Crippen molar-refractivity contribution in [3.8, 4) is 0 Å².